The number of rotatable bonds is 4. The second kappa shape index (κ2) is 6.29. The fourth-order valence-corrected chi connectivity index (χ4v) is 1.74. The fraction of sp³-hybridized carbons (Fsp3) is 0.0833. The maximum atomic E-state index is 13.4. The lowest BCUT2D eigenvalue weighted by molar-refractivity contribution is -0.111. The van der Waals surface area contributed by atoms with Crippen LogP contribution in [-0.4, -0.2) is 28.2 Å². The van der Waals surface area contributed by atoms with Crippen molar-refractivity contribution >= 4 is 33.9 Å². The Morgan fingerprint density at radius 1 is 1.55 bits per heavy atom. The molecule has 0 aliphatic heterocycles. The number of methoxy groups -OCH3 is 1. The van der Waals surface area contributed by atoms with E-state index in [4.69, 9.17) is 4.74 Å². The lowest BCUT2D eigenvalue weighted by Crippen LogP contribution is -2.09. The number of anilines is 1. The first-order chi connectivity index (χ1) is 9.58. The molecule has 2 aromatic rings. The van der Waals surface area contributed by atoms with Gasteiger partial charge in [0, 0.05) is 16.1 Å². The molecule has 0 atom stereocenters. The average molecular weight is 341 g/mol. The summed E-state index contributed by atoms with van der Waals surface area (Å²) in [7, 11) is 1.41. The predicted octanol–water partition coefficient (Wildman–Crippen LogP) is 2.37. The molecule has 0 spiro atoms. The molecule has 1 amide bonds. The molecule has 1 aromatic carbocycles. The number of nitrogens with one attached hydrogen (secondary N) is 2. The van der Waals surface area contributed by atoms with Gasteiger partial charge in [0.1, 0.15) is 5.82 Å². The van der Waals surface area contributed by atoms with E-state index < -0.39 is 11.7 Å². The van der Waals surface area contributed by atoms with Crippen molar-refractivity contribution in [3.63, 3.8) is 0 Å². The Morgan fingerprint density at radius 2 is 2.35 bits per heavy atom. The highest BCUT2D eigenvalue weighted by Gasteiger charge is 2.05. The van der Waals surface area contributed by atoms with E-state index in [9.17, 15) is 9.18 Å². The summed E-state index contributed by atoms with van der Waals surface area (Å²) in [6.45, 7) is 0. The molecule has 0 saturated carbocycles. The summed E-state index contributed by atoms with van der Waals surface area (Å²) in [5.74, 6) is -0.743. The van der Waals surface area contributed by atoms with Crippen molar-refractivity contribution in [2.24, 2.45) is 0 Å². The number of aromatic amines is 1. The molecule has 1 aromatic heterocycles. The van der Waals surface area contributed by atoms with Gasteiger partial charge in [-0.1, -0.05) is 15.9 Å². The van der Waals surface area contributed by atoms with Gasteiger partial charge in [0.05, 0.1) is 7.11 Å². The van der Waals surface area contributed by atoms with Crippen LogP contribution in [0, 0.1) is 5.82 Å². The van der Waals surface area contributed by atoms with E-state index in [1.165, 1.54) is 25.3 Å². The molecule has 1 heterocycles. The monoisotopic (exact) mass is 340 g/mol. The normalized spacial score (nSPS) is 10.8. The first-order valence-corrected chi connectivity index (χ1v) is 6.28. The Balaban J connectivity index is 2.03. The van der Waals surface area contributed by atoms with E-state index in [-0.39, 0.29) is 12.0 Å². The Kier molecular flexibility index (Phi) is 4.46. The van der Waals surface area contributed by atoms with E-state index in [1.807, 2.05) is 0 Å². The highest BCUT2D eigenvalue weighted by atomic mass is 79.9. The zero-order chi connectivity index (χ0) is 14.5. The first-order valence-electron chi connectivity index (χ1n) is 5.49. The number of amides is 1. The summed E-state index contributed by atoms with van der Waals surface area (Å²) in [6.07, 6.45) is 2.56. The molecule has 104 valence electrons. The maximum Gasteiger partial charge on any atom is 0.336 e. The Labute approximate surface area is 122 Å². The number of carbonyl (C=O) groups is 1. The van der Waals surface area contributed by atoms with Gasteiger partial charge >= 0.3 is 6.01 Å². The van der Waals surface area contributed by atoms with Gasteiger partial charge in [0.2, 0.25) is 5.95 Å². The van der Waals surface area contributed by atoms with E-state index in [0.717, 1.165) is 4.47 Å². The molecule has 2 N–H and O–H groups in total. The summed E-state index contributed by atoms with van der Waals surface area (Å²) < 4.78 is 18.9. The van der Waals surface area contributed by atoms with Crippen molar-refractivity contribution in [1.29, 1.82) is 0 Å². The topological polar surface area (TPSA) is 79.9 Å². The number of halogens is 2. The van der Waals surface area contributed by atoms with E-state index in [0.29, 0.717) is 5.56 Å². The molecule has 0 fully saturated rings. The number of hydrogen-bond acceptors (Lipinski definition) is 4. The highest BCUT2D eigenvalue weighted by Crippen LogP contribution is 2.16. The molecule has 20 heavy (non-hydrogen) atoms. The molecular weight excluding hydrogens is 331 g/mol. The van der Waals surface area contributed by atoms with Crippen LogP contribution in [0.1, 0.15) is 5.56 Å². The third-order valence-electron chi connectivity index (χ3n) is 2.26. The summed E-state index contributed by atoms with van der Waals surface area (Å²) in [5, 5.41) is 8.57. The Hall–Kier alpha value is -2.22. The molecule has 0 aliphatic carbocycles. The van der Waals surface area contributed by atoms with Crippen LogP contribution in [0.3, 0.4) is 0 Å². The van der Waals surface area contributed by atoms with Gasteiger partial charge in [0.25, 0.3) is 5.91 Å². The minimum Gasteiger partial charge on any atom is -0.466 e. The average Bonchev–Trinajstić information content (AvgIpc) is 2.87. The summed E-state index contributed by atoms with van der Waals surface area (Å²) in [5.41, 5.74) is 0.296. The standard InChI is InChI=1S/C12H10BrFN4O2/c1-20-12-16-11(17-18-12)15-10(19)5-2-7-6-8(13)3-4-9(7)14/h2-6H,1H3,(H2,15,16,17,18,19)/b5-2+. The van der Waals surface area contributed by atoms with E-state index >= 15 is 0 Å². The van der Waals surface area contributed by atoms with Crippen LogP contribution in [0.15, 0.2) is 28.7 Å². The number of H-pyrrole nitrogens is 1. The smallest absolute Gasteiger partial charge is 0.336 e. The van der Waals surface area contributed by atoms with E-state index in [2.05, 4.69) is 36.4 Å². The minimum atomic E-state index is -0.469. The minimum absolute atomic E-state index is 0.113. The van der Waals surface area contributed by atoms with Crippen molar-refractivity contribution in [1.82, 2.24) is 15.2 Å². The van der Waals surface area contributed by atoms with Gasteiger partial charge in [-0.2, -0.15) is 4.98 Å². The van der Waals surface area contributed by atoms with Crippen LogP contribution in [0.5, 0.6) is 6.01 Å². The zero-order valence-electron chi connectivity index (χ0n) is 10.4. The lowest BCUT2D eigenvalue weighted by atomic mass is 10.2. The molecule has 0 radical (unpaired) electrons. The molecule has 8 heteroatoms. The van der Waals surface area contributed by atoms with Crippen molar-refractivity contribution in [3.8, 4) is 6.01 Å². The molecule has 0 unspecified atom stereocenters. The Bertz CT molecular complexity index is 657. The second-order valence-corrected chi connectivity index (χ2v) is 4.57. The molecule has 0 bridgehead atoms. The van der Waals surface area contributed by atoms with Crippen molar-refractivity contribution in [2.75, 3.05) is 12.4 Å². The second-order valence-electron chi connectivity index (χ2n) is 3.66. The summed E-state index contributed by atoms with van der Waals surface area (Å²) in [4.78, 5) is 15.4. The van der Waals surface area contributed by atoms with Gasteiger partial charge in [0.15, 0.2) is 0 Å². The number of aromatic nitrogens is 3. The van der Waals surface area contributed by atoms with Gasteiger partial charge in [-0.15, -0.1) is 5.10 Å². The molecular formula is C12H10BrFN4O2. The lowest BCUT2D eigenvalue weighted by Gasteiger charge is -1.98. The molecule has 2 rings (SSSR count). The fourth-order valence-electron chi connectivity index (χ4n) is 1.36. The van der Waals surface area contributed by atoms with Gasteiger partial charge in [-0.3, -0.25) is 10.1 Å². The van der Waals surface area contributed by atoms with Crippen LogP contribution in [0.25, 0.3) is 6.08 Å². The molecule has 6 nitrogen and oxygen atoms in total. The summed E-state index contributed by atoms with van der Waals surface area (Å²) in [6, 6.07) is 4.56. The van der Waals surface area contributed by atoms with Gasteiger partial charge in [-0.05, 0) is 24.3 Å². The number of carbonyl (C=O) groups excluding carboxylic acids is 1. The maximum absolute atomic E-state index is 13.4. The number of ether oxygens (including phenoxy) is 1. The van der Waals surface area contributed by atoms with Crippen LogP contribution in [0.4, 0.5) is 10.3 Å². The molecule has 0 aliphatic rings. The Morgan fingerprint density at radius 3 is 3.05 bits per heavy atom. The quantitative estimate of drug-likeness (QED) is 0.837. The van der Waals surface area contributed by atoms with Crippen LogP contribution in [0.2, 0.25) is 0 Å². The van der Waals surface area contributed by atoms with Crippen molar-refractivity contribution in [2.45, 2.75) is 0 Å². The predicted molar refractivity (Wildman–Crippen MR) is 74.7 cm³/mol. The third kappa shape index (κ3) is 3.64. The van der Waals surface area contributed by atoms with E-state index in [1.54, 1.807) is 12.1 Å². The molecule has 0 saturated heterocycles. The van der Waals surface area contributed by atoms with Crippen LogP contribution < -0.4 is 10.1 Å². The van der Waals surface area contributed by atoms with Gasteiger partial charge < -0.3 is 4.74 Å². The highest BCUT2D eigenvalue weighted by molar-refractivity contribution is 9.10. The number of nitrogens with zero attached hydrogens (tertiary/aromatic N) is 2. The third-order valence-corrected chi connectivity index (χ3v) is 2.75. The zero-order valence-corrected chi connectivity index (χ0v) is 11.9. The van der Waals surface area contributed by atoms with Crippen molar-refractivity contribution in [3.05, 3.63) is 40.1 Å². The van der Waals surface area contributed by atoms with Crippen LogP contribution >= 0.6 is 15.9 Å². The van der Waals surface area contributed by atoms with Crippen LogP contribution in [-0.2, 0) is 4.79 Å². The first kappa shape index (κ1) is 14.2. The van der Waals surface area contributed by atoms with Gasteiger partial charge in [-0.25, -0.2) is 9.49 Å². The largest absolute Gasteiger partial charge is 0.466 e. The summed E-state index contributed by atoms with van der Waals surface area (Å²) >= 11 is 3.23. The number of benzene rings is 1. The SMILES string of the molecule is COc1n[nH]c(NC(=O)/C=C/c2cc(Br)ccc2F)n1. The number of hydrogen-bond donors (Lipinski definition) is 2. The van der Waals surface area contributed by atoms with Crippen molar-refractivity contribution < 1.29 is 13.9 Å².